The van der Waals surface area contributed by atoms with Crippen molar-refractivity contribution in [3.8, 4) is 0 Å². The number of hydrogen-bond acceptors (Lipinski definition) is 2. The average Bonchev–Trinajstić information content (AvgIpc) is 2.74. The minimum absolute atomic E-state index is 0.0683. The topological polar surface area (TPSA) is 58.9 Å². The summed E-state index contributed by atoms with van der Waals surface area (Å²) in [7, 11) is 0. The summed E-state index contributed by atoms with van der Waals surface area (Å²) < 4.78 is 0. The number of nitrogen functional groups attached to an aromatic ring is 1. The summed E-state index contributed by atoms with van der Waals surface area (Å²) in [5.74, 6) is -0.0683. The van der Waals surface area contributed by atoms with Crippen molar-refractivity contribution >= 4 is 11.5 Å². The van der Waals surface area contributed by atoms with E-state index in [1.807, 2.05) is 13.0 Å². The second-order valence-corrected chi connectivity index (χ2v) is 3.50. The van der Waals surface area contributed by atoms with Crippen LogP contribution in [0.5, 0.6) is 0 Å². The fourth-order valence-electron chi connectivity index (χ4n) is 1.48. The van der Waals surface area contributed by atoms with E-state index in [1.54, 1.807) is 30.5 Å². The van der Waals surface area contributed by atoms with Gasteiger partial charge in [-0.15, -0.1) is 0 Å². The highest BCUT2D eigenvalue weighted by Crippen LogP contribution is 2.17. The van der Waals surface area contributed by atoms with Crippen LogP contribution < -0.4 is 5.73 Å². The van der Waals surface area contributed by atoms with Crippen LogP contribution in [0.15, 0.2) is 36.5 Å². The molecule has 2 rings (SSSR count). The Morgan fingerprint density at radius 2 is 2.13 bits per heavy atom. The molecule has 2 aromatic rings. The zero-order chi connectivity index (χ0) is 10.8. The summed E-state index contributed by atoms with van der Waals surface area (Å²) in [5.41, 5.74) is 8.42. The van der Waals surface area contributed by atoms with E-state index in [0.29, 0.717) is 16.9 Å². The van der Waals surface area contributed by atoms with Gasteiger partial charge >= 0.3 is 0 Å². The van der Waals surface area contributed by atoms with Crippen molar-refractivity contribution < 1.29 is 4.79 Å². The fourth-order valence-corrected chi connectivity index (χ4v) is 1.48. The Kier molecular flexibility index (Phi) is 2.29. The van der Waals surface area contributed by atoms with Crippen LogP contribution in [-0.2, 0) is 0 Å². The molecule has 1 aromatic heterocycles. The molecule has 0 aliphatic heterocycles. The number of carbonyl (C=O) groups excluding carboxylic acids is 1. The summed E-state index contributed by atoms with van der Waals surface area (Å²) in [4.78, 5) is 14.8. The van der Waals surface area contributed by atoms with Crippen molar-refractivity contribution in [3.63, 3.8) is 0 Å². The monoisotopic (exact) mass is 200 g/mol. The van der Waals surface area contributed by atoms with Crippen molar-refractivity contribution in [1.29, 1.82) is 0 Å². The Balaban J connectivity index is 2.46. The van der Waals surface area contributed by atoms with Gasteiger partial charge in [-0.3, -0.25) is 4.79 Å². The molecule has 3 heteroatoms. The van der Waals surface area contributed by atoms with Crippen LogP contribution in [0, 0.1) is 6.92 Å². The largest absolute Gasteiger partial charge is 0.398 e. The van der Waals surface area contributed by atoms with E-state index in [-0.39, 0.29) is 5.78 Å². The summed E-state index contributed by atoms with van der Waals surface area (Å²) >= 11 is 0. The van der Waals surface area contributed by atoms with Crippen molar-refractivity contribution in [2.24, 2.45) is 0 Å². The molecule has 0 unspecified atom stereocenters. The van der Waals surface area contributed by atoms with E-state index in [4.69, 9.17) is 5.73 Å². The van der Waals surface area contributed by atoms with E-state index < -0.39 is 0 Å². The van der Waals surface area contributed by atoms with E-state index in [2.05, 4.69) is 4.98 Å². The quantitative estimate of drug-likeness (QED) is 0.576. The second kappa shape index (κ2) is 3.61. The first-order valence-electron chi connectivity index (χ1n) is 4.72. The van der Waals surface area contributed by atoms with Gasteiger partial charge in [0.05, 0.1) is 5.69 Å². The number of anilines is 1. The minimum atomic E-state index is -0.0683. The lowest BCUT2D eigenvalue weighted by Crippen LogP contribution is -2.05. The molecule has 3 N–H and O–H groups in total. The standard InChI is InChI=1S/C12H12N2O/c1-8-4-5-10(13)9(7-8)12(15)11-3-2-6-14-11/h2-7,14H,13H2,1H3. The van der Waals surface area contributed by atoms with Gasteiger partial charge in [-0.05, 0) is 31.2 Å². The van der Waals surface area contributed by atoms with Gasteiger partial charge in [0.2, 0.25) is 5.78 Å². The number of aryl methyl sites for hydroxylation is 1. The Morgan fingerprint density at radius 3 is 2.80 bits per heavy atom. The minimum Gasteiger partial charge on any atom is -0.398 e. The van der Waals surface area contributed by atoms with Crippen LogP contribution in [0.2, 0.25) is 0 Å². The average molecular weight is 200 g/mol. The lowest BCUT2D eigenvalue weighted by molar-refractivity contribution is 0.103. The first-order valence-corrected chi connectivity index (χ1v) is 4.72. The molecule has 0 atom stereocenters. The molecular weight excluding hydrogens is 188 g/mol. The third kappa shape index (κ3) is 1.76. The number of benzene rings is 1. The molecule has 0 saturated heterocycles. The van der Waals surface area contributed by atoms with Gasteiger partial charge in [0.15, 0.2) is 0 Å². The number of nitrogens with two attached hydrogens (primary N) is 1. The molecule has 15 heavy (non-hydrogen) atoms. The smallest absolute Gasteiger partial charge is 0.211 e. The third-order valence-corrected chi connectivity index (χ3v) is 2.30. The molecule has 76 valence electrons. The normalized spacial score (nSPS) is 10.2. The van der Waals surface area contributed by atoms with E-state index in [0.717, 1.165) is 5.56 Å². The molecule has 0 aliphatic carbocycles. The van der Waals surface area contributed by atoms with Gasteiger partial charge in [-0.2, -0.15) is 0 Å². The predicted octanol–water partition coefficient (Wildman–Crippen LogP) is 2.14. The van der Waals surface area contributed by atoms with Gasteiger partial charge in [-0.1, -0.05) is 11.6 Å². The van der Waals surface area contributed by atoms with Crippen molar-refractivity contribution in [2.75, 3.05) is 5.73 Å². The number of aromatic nitrogens is 1. The van der Waals surface area contributed by atoms with Crippen LogP contribution in [0.4, 0.5) is 5.69 Å². The van der Waals surface area contributed by atoms with Gasteiger partial charge in [0.1, 0.15) is 0 Å². The van der Waals surface area contributed by atoms with Crippen LogP contribution in [-0.4, -0.2) is 10.8 Å². The maximum Gasteiger partial charge on any atom is 0.211 e. The van der Waals surface area contributed by atoms with E-state index >= 15 is 0 Å². The molecule has 0 radical (unpaired) electrons. The van der Waals surface area contributed by atoms with Crippen LogP contribution in [0.25, 0.3) is 0 Å². The molecule has 1 heterocycles. The van der Waals surface area contributed by atoms with E-state index in [1.165, 1.54) is 0 Å². The summed E-state index contributed by atoms with van der Waals surface area (Å²) in [5, 5.41) is 0. The number of hydrogen-bond donors (Lipinski definition) is 2. The molecule has 0 saturated carbocycles. The van der Waals surface area contributed by atoms with Crippen molar-refractivity contribution in [3.05, 3.63) is 53.3 Å². The van der Waals surface area contributed by atoms with Gasteiger partial charge in [0.25, 0.3) is 0 Å². The van der Waals surface area contributed by atoms with Crippen LogP contribution in [0.1, 0.15) is 21.6 Å². The summed E-state index contributed by atoms with van der Waals surface area (Å²) in [6.07, 6.45) is 1.72. The number of aromatic amines is 1. The van der Waals surface area contributed by atoms with Crippen LogP contribution >= 0.6 is 0 Å². The number of ketones is 1. The summed E-state index contributed by atoms with van der Waals surface area (Å²) in [6.45, 7) is 1.94. The molecule has 0 amide bonds. The first-order chi connectivity index (χ1) is 7.18. The SMILES string of the molecule is Cc1ccc(N)c(C(=O)c2ccc[nH]2)c1. The van der Waals surface area contributed by atoms with Gasteiger partial charge in [-0.25, -0.2) is 0 Å². The molecular formula is C12H12N2O. The Hall–Kier alpha value is -2.03. The molecule has 0 spiro atoms. The molecule has 0 fully saturated rings. The van der Waals surface area contributed by atoms with Gasteiger partial charge < -0.3 is 10.7 Å². The number of rotatable bonds is 2. The predicted molar refractivity (Wildman–Crippen MR) is 59.8 cm³/mol. The zero-order valence-electron chi connectivity index (χ0n) is 8.45. The van der Waals surface area contributed by atoms with Gasteiger partial charge in [0, 0.05) is 17.4 Å². The lowest BCUT2D eigenvalue weighted by Gasteiger charge is -2.04. The number of H-pyrrole nitrogens is 1. The number of nitrogens with one attached hydrogen (secondary N) is 1. The second-order valence-electron chi connectivity index (χ2n) is 3.50. The molecule has 0 bridgehead atoms. The zero-order valence-corrected chi connectivity index (χ0v) is 8.45. The highest BCUT2D eigenvalue weighted by Gasteiger charge is 2.12. The van der Waals surface area contributed by atoms with E-state index in [9.17, 15) is 4.79 Å². The molecule has 3 nitrogen and oxygen atoms in total. The highest BCUT2D eigenvalue weighted by molar-refractivity contribution is 6.11. The van der Waals surface area contributed by atoms with Crippen molar-refractivity contribution in [1.82, 2.24) is 4.98 Å². The summed E-state index contributed by atoms with van der Waals surface area (Å²) in [6, 6.07) is 8.98. The molecule has 0 aliphatic rings. The maximum atomic E-state index is 12.0. The maximum absolute atomic E-state index is 12.0. The fraction of sp³-hybridized carbons (Fsp3) is 0.0833. The number of carbonyl (C=O) groups is 1. The molecule has 1 aromatic carbocycles. The third-order valence-electron chi connectivity index (χ3n) is 2.30. The lowest BCUT2D eigenvalue weighted by atomic mass is 10.0. The first kappa shape index (κ1) is 9.52. The van der Waals surface area contributed by atoms with Crippen molar-refractivity contribution in [2.45, 2.75) is 6.92 Å². The Labute approximate surface area is 87.9 Å². The highest BCUT2D eigenvalue weighted by atomic mass is 16.1. The van der Waals surface area contributed by atoms with Crippen LogP contribution in [0.3, 0.4) is 0 Å². The Morgan fingerprint density at radius 1 is 1.33 bits per heavy atom. The Bertz CT molecular complexity index is 486.